The molecule has 1 aliphatic rings. The van der Waals surface area contributed by atoms with E-state index < -0.39 is 17.0 Å². The molecule has 0 amide bonds. The van der Waals surface area contributed by atoms with Gasteiger partial charge in [-0.3, -0.25) is 0 Å². The van der Waals surface area contributed by atoms with Gasteiger partial charge in [-0.2, -0.15) is 0 Å². The lowest BCUT2D eigenvalue weighted by molar-refractivity contribution is 0.425. The van der Waals surface area contributed by atoms with Crippen LogP contribution in [0.15, 0.2) is 12.4 Å². The topological polar surface area (TPSA) is 104 Å². The summed E-state index contributed by atoms with van der Waals surface area (Å²) in [6.07, 6.45) is 2.63. The molecule has 0 radical (unpaired) electrons. The van der Waals surface area contributed by atoms with Crippen molar-refractivity contribution in [2.75, 3.05) is 29.5 Å². The van der Waals surface area contributed by atoms with Crippen LogP contribution in [0.25, 0.3) is 0 Å². The Morgan fingerprint density at radius 1 is 1.18 bits per heavy atom. The Morgan fingerprint density at radius 3 is 2.18 bits per heavy atom. The summed E-state index contributed by atoms with van der Waals surface area (Å²) in [6.45, 7) is 0.729. The number of aromatic nitrogens is 2. The maximum absolute atomic E-state index is 11.2. The smallest absolute Gasteiger partial charge is 0.423 e. The molecule has 0 atom stereocenters. The number of sulfone groups is 1. The lowest BCUT2D eigenvalue weighted by atomic mass is 9.83. The quantitative estimate of drug-likeness (QED) is 0.559. The highest BCUT2D eigenvalue weighted by molar-refractivity contribution is 7.91. The summed E-state index contributed by atoms with van der Waals surface area (Å²) in [5.41, 5.74) is 0.207. The van der Waals surface area contributed by atoms with Crippen LogP contribution in [0.2, 0.25) is 0 Å². The number of rotatable bonds is 2. The van der Waals surface area contributed by atoms with Crippen LogP contribution >= 0.6 is 0 Å². The number of anilines is 1. The fourth-order valence-electron chi connectivity index (χ4n) is 1.54. The molecular weight excluding hydrogens is 245 g/mol. The first kappa shape index (κ1) is 12.3. The van der Waals surface area contributed by atoms with Crippen LogP contribution in [-0.4, -0.2) is 60.1 Å². The molecule has 0 bridgehead atoms. The van der Waals surface area contributed by atoms with Crippen molar-refractivity contribution >= 4 is 28.4 Å². The maximum atomic E-state index is 11.2. The Kier molecular flexibility index (Phi) is 3.32. The summed E-state index contributed by atoms with van der Waals surface area (Å²) in [6, 6.07) is 0. The van der Waals surface area contributed by atoms with Crippen LogP contribution in [0.5, 0.6) is 0 Å². The van der Waals surface area contributed by atoms with Crippen LogP contribution in [0.1, 0.15) is 0 Å². The predicted molar refractivity (Wildman–Crippen MR) is 62.7 cm³/mol. The van der Waals surface area contributed by atoms with E-state index in [1.165, 1.54) is 12.4 Å². The van der Waals surface area contributed by atoms with E-state index in [-0.39, 0.29) is 17.0 Å². The normalized spacial score (nSPS) is 19.1. The van der Waals surface area contributed by atoms with E-state index in [4.69, 9.17) is 10.0 Å². The van der Waals surface area contributed by atoms with Gasteiger partial charge < -0.3 is 14.9 Å². The van der Waals surface area contributed by atoms with Crippen LogP contribution in [-0.2, 0) is 9.84 Å². The Balaban J connectivity index is 2.09. The number of nitrogens with zero attached hydrogens (tertiary/aromatic N) is 3. The Morgan fingerprint density at radius 2 is 1.71 bits per heavy atom. The first-order valence-corrected chi connectivity index (χ1v) is 6.93. The zero-order valence-corrected chi connectivity index (χ0v) is 9.84. The van der Waals surface area contributed by atoms with Crippen molar-refractivity contribution in [1.29, 1.82) is 0 Å². The van der Waals surface area contributed by atoms with Gasteiger partial charge in [0.15, 0.2) is 9.84 Å². The minimum absolute atomic E-state index is 0.0980. The van der Waals surface area contributed by atoms with Gasteiger partial charge >= 0.3 is 7.12 Å². The first-order chi connectivity index (χ1) is 7.98. The molecule has 2 heterocycles. The lowest BCUT2D eigenvalue weighted by Crippen LogP contribution is -2.41. The van der Waals surface area contributed by atoms with E-state index in [0.717, 1.165) is 0 Å². The monoisotopic (exact) mass is 257 g/mol. The van der Waals surface area contributed by atoms with Crippen molar-refractivity contribution < 1.29 is 18.5 Å². The van der Waals surface area contributed by atoms with Gasteiger partial charge in [-0.25, -0.2) is 18.4 Å². The molecule has 1 aliphatic heterocycles. The molecule has 0 unspecified atom stereocenters. The van der Waals surface area contributed by atoms with E-state index in [1.807, 2.05) is 0 Å². The molecule has 2 N–H and O–H groups in total. The average molecular weight is 257 g/mol. The molecular formula is C8H12BN3O4S. The van der Waals surface area contributed by atoms with Crippen molar-refractivity contribution in [3.8, 4) is 0 Å². The highest BCUT2D eigenvalue weighted by atomic mass is 32.2. The molecule has 92 valence electrons. The third kappa shape index (κ3) is 2.93. The third-order valence-electron chi connectivity index (χ3n) is 2.58. The lowest BCUT2D eigenvalue weighted by Gasteiger charge is -2.26. The second-order valence-electron chi connectivity index (χ2n) is 3.83. The van der Waals surface area contributed by atoms with E-state index in [2.05, 4.69) is 9.97 Å². The second-order valence-corrected chi connectivity index (χ2v) is 6.13. The fraction of sp³-hybridized carbons (Fsp3) is 0.500. The molecule has 0 spiro atoms. The third-order valence-corrected chi connectivity index (χ3v) is 4.19. The zero-order valence-electron chi connectivity index (χ0n) is 9.02. The molecule has 2 rings (SSSR count). The molecule has 17 heavy (non-hydrogen) atoms. The van der Waals surface area contributed by atoms with E-state index >= 15 is 0 Å². The van der Waals surface area contributed by atoms with Crippen molar-refractivity contribution in [2.45, 2.75) is 0 Å². The summed E-state index contributed by atoms with van der Waals surface area (Å²) in [7, 11) is -4.51. The van der Waals surface area contributed by atoms with E-state index in [1.54, 1.807) is 4.90 Å². The van der Waals surface area contributed by atoms with Gasteiger partial charge in [-0.15, -0.1) is 0 Å². The molecule has 1 aromatic heterocycles. The van der Waals surface area contributed by atoms with Gasteiger partial charge in [0.2, 0.25) is 5.95 Å². The standard InChI is InChI=1S/C8H12BN3O4S/c13-9(14)7-5-10-8(11-6-7)12-1-3-17(15,16)4-2-12/h5-6,13-14H,1-4H2. The number of hydrogen-bond donors (Lipinski definition) is 2. The first-order valence-electron chi connectivity index (χ1n) is 5.11. The highest BCUT2D eigenvalue weighted by Gasteiger charge is 2.23. The minimum Gasteiger partial charge on any atom is -0.423 e. The van der Waals surface area contributed by atoms with Gasteiger partial charge in [-0.05, 0) is 0 Å². The fourth-order valence-corrected chi connectivity index (χ4v) is 2.74. The van der Waals surface area contributed by atoms with Crippen LogP contribution in [0, 0.1) is 0 Å². The summed E-state index contributed by atoms with van der Waals surface area (Å²) < 4.78 is 22.5. The second kappa shape index (κ2) is 4.59. The van der Waals surface area contributed by atoms with Gasteiger partial charge in [0.25, 0.3) is 0 Å². The summed E-state index contributed by atoms with van der Waals surface area (Å²) in [5.74, 6) is 0.603. The summed E-state index contributed by atoms with van der Waals surface area (Å²) >= 11 is 0. The van der Waals surface area contributed by atoms with Gasteiger partial charge in [0.05, 0.1) is 11.5 Å². The molecule has 1 saturated heterocycles. The van der Waals surface area contributed by atoms with E-state index in [9.17, 15) is 8.42 Å². The Hall–Kier alpha value is -1.19. The maximum Gasteiger partial charge on any atom is 0.491 e. The summed E-state index contributed by atoms with van der Waals surface area (Å²) in [5, 5.41) is 17.8. The molecule has 1 aromatic rings. The SMILES string of the molecule is O=S1(=O)CCN(c2ncc(B(O)O)cn2)CC1. The van der Waals surface area contributed by atoms with Crippen LogP contribution in [0.3, 0.4) is 0 Å². The van der Waals surface area contributed by atoms with Crippen LogP contribution < -0.4 is 10.4 Å². The summed E-state index contributed by atoms with van der Waals surface area (Å²) in [4.78, 5) is 9.70. The Labute approximate surface area is 99.2 Å². The average Bonchev–Trinajstić information content (AvgIpc) is 2.29. The van der Waals surface area contributed by atoms with Crippen molar-refractivity contribution in [3.63, 3.8) is 0 Å². The van der Waals surface area contributed by atoms with Crippen molar-refractivity contribution in [1.82, 2.24) is 9.97 Å². The van der Waals surface area contributed by atoms with Crippen molar-refractivity contribution in [3.05, 3.63) is 12.4 Å². The van der Waals surface area contributed by atoms with Gasteiger partial charge in [0, 0.05) is 30.9 Å². The molecule has 9 heteroatoms. The largest absolute Gasteiger partial charge is 0.491 e. The molecule has 0 aliphatic carbocycles. The predicted octanol–water partition coefficient (Wildman–Crippen LogP) is -2.61. The molecule has 7 nitrogen and oxygen atoms in total. The number of hydrogen-bond acceptors (Lipinski definition) is 7. The van der Waals surface area contributed by atoms with Gasteiger partial charge in [-0.1, -0.05) is 0 Å². The van der Waals surface area contributed by atoms with Crippen LogP contribution in [0.4, 0.5) is 5.95 Å². The highest BCUT2D eigenvalue weighted by Crippen LogP contribution is 2.10. The van der Waals surface area contributed by atoms with E-state index in [0.29, 0.717) is 19.0 Å². The Bertz CT molecular complexity index is 476. The van der Waals surface area contributed by atoms with Gasteiger partial charge in [0.1, 0.15) is 0 Å². The molecule has 0 aromatic carbocycles. The molecule has 1 fully saturated rings. The minimum atomic E-state index is -2.92. The molecule has 0 saturated carbocycles. The zero-order chi connectivity index (χ0) is 12.5. The van der Waals surface area contributed by atoms with Crippen molar-refractivity contribution in [2.24, 2.45) is 0 Å².